The van der Waals surface area contributed by atoms with Crippen molar-refractivity contribution in [1.29, 1.82) is 0 Å². The van der Waals surface area contributed by atoms with Crippen molar-refractivity contribution < 1.29 is 9.53 Å². The molecule has 108 valence electrons. The van der Waals surface area contributed by atoms with Gasteiger partial charge in [0.1, 0.15) is 5.75 Å². The molecule has 5 heteroatoms. The zero-order valence-electron chi connectivity index (χ0n) is 12.1. The van der Waals surface area contributed by atoms with Crippen molar-refractivity contribution in [3.63, 3.8) is 0 Å². The quantitative estimate of drug-likeness (QED) is 0.811. The van der Waals surface area contributed by atoms with Crippen LogP contribution in [0.5, 0.6) is 5.75 Å². The van der Waals surface area contributed by atoms with Gasteiger partial charge in [-0.2, -0.15) is 5.10 Å². The fourth-order valence-electron chi connectivity index (χ4n) is 2.42. The third-order valence-corrected chi connectivity index (χ3v) is 3.66. The number of rotatable bonds is 3. The van der Waals surface area contributed by atoms with Gasteiger partial charge in [0.15, 0.2) is 0 Å². The molecule has 3 rings (SSSR count). The average molecular weight is 283 g/mol. The molecule has 1 aromatic heterocycles. The zero-order chi connectivity index (χ0) is 14.8. The third kappa shape index (κ3) is 2.42. The number of carbonyl (C=O) groups is 1. The highest BCUT2D eigenvalue weighted by atomic mass is 16.5. The topological polar surface area (TPSA) is 47.4 Å². The number of aromatic nitrogens is 2. The molecule has 1 aliphatic heterocycles. The normalized spacial score (nSPS) is 13.7. The van der Waals surface area contributed by atoms with E-state index in [1.165, 1.54) is 0 Å². The molecule has 0 atom stereocenters. The van der Waals surface area contributed by atoms with E-state index in [1.54, 1.807) is 22.9 Å². The van der Waals surface area contributed by atoms with Crippen molar-refractivity contribution in [1.82, 2.24) is 14.7 Å². The van der Waals surface area contributed by atoms with Crippen molar-refractivity contribution in [2.24, 2.45) is 0 Å². The van der Waals surface area contributed by atoms with E-state index in [0.29, 0.717) is 18.7 Å². The standard InChI is InChI=1S/C16H17N3O2/c1-12-15(16(20)18-9-3-4-10-18)11-17-19(12)13-5-7-14(21-2)8-6-13/h3-8,11H,9-10H2,1-2H3. The van der Waals surface area contributed by atoms with Crippen LogP contribution in [0.1, 0.15) is 16.1 Å². The van der Waals surface area contributed by atoms with Gasteiger partial charge in [0.05, 0.1) is 30.3 Å². The predicted molar refractivity (Wildman–Crippen MR) is 79.9 cm³/mol. The monoisotopic (exact) mass is 283 g/mol. The molecule has 0 spiro atoms. The van der Waals surface area contributed by atoms with Crippen molar-refractivity contribution in [2.75, 3.05) is 20.2 Å². The number of ether oxygens (including phenoxy) is 1. The Hall–Kier alpha value is -2.56. The summed E-state index contributed by atoms with van der Waals surface area (Å²) in [7, 11) is 1.63. The highest BCUT2D eigenvalue weighted by Gasteiger charge is 2.21. The van der Waals surface area contributed by atoms with E-state index in [9.17, 15) is 4.79 Å². The molecule has 0 fully saturated rings. The molecular weight excluding hydrogens is 266 g/mol. The van der Waals surface area contributed by atoms with Gasteiger partial charge in [-0.1, -0.05) is 12.2 Å². The van der Waals surface area contributed by atoms with E-state index in [-0.39, 0.29) is 5.91 Å². The lowest BCUT2D eigenvalue weighted by Gasteiger charge is -2.14. The Labute approximate surface area is 123 Å². The maximum Gasteiger partial charge on any atom is 0.257 e. The van der Waals surface area contributed by atoms with Gasteiger partial charge in [-0.3, -0.25) is 4.79 Å². The van der Waals surface area contributed by atoms with Gasteiger partial charge in [0.25, 0.3) is 5.91 Å². The Morgan fingerprint density at radius 1 is 1.19 bits per heavy atom. The minimum Gasteiger partial charge on any atom is -0.497 e. The van der Waals surface area contributed by atoms with Crippen molar-refractivity contribution in [2.45, 2.75) is 6.92 Å². The van der Waals surface area contributed by atoms with Gasteiger partial charge in [-0.25, -0.2) is 4.68 Å². The molecule has 0 aliphatic carbocycles. The summed E-state index contributed by atoms with van der Waals surface area (Å²) in [5, 5.41) is 4.34. The van der Waals surface area contributed by atoms with Crippen molar-refractivity contribution in [3.05, 3.63) is 53.9 Å². The molecule has 1 amide bonds. The molecule has 1 aliphatic rings. The minimum absolute atomic E-state index is 0.0252. The number of hydrogen-bond acceptors (Lipinski definition) is 3. The molecule has 21 heavy (non-hydrogen) atoms. The maximum atomic E-state index is 12.4. The molecule has 0 radical (unpaired) electrons. The van der Waals surface area contributed by atoms with Crippen LogP contribution in [0.4, 0.5) is 0 Å². The predicted octanol–water partition coefficient (Wildman–Crippen LogP) is 2.20. The molecular formula is C16H17N3O2. The van der Waals surface area contributed by atoms with Gasteiger partial charge < -0.3 is 9.64 Å². The average Bonchev–Trinajstić information content (AvgIpc) is 3.16. The summed E-state index contributed by atoms with van der Waals surface area (Å²) in [6.45, 7) is 3.26. The summed E-state index contributed by atoms with van der Waals surface area (Å²) >= 11 is 0. The first-order valence-corrected chi connectivity index (χ1v) is 6.84. The zero-order valence-corrected chi connectivity index (χ0v) is 12.1. The van der Waals surface area contributed by atoms with E-state index in [0.717, 1.165) is 17.1 Å². The molecule has 0 unspecified atom stereocenters. The first-order chi connectivity index (χ1) is 10.2. The Balaban J connectivity index is 1.89. The van der Waals surface area contributed by atoms with Crippen molar-refractivity contribution in [3.8, 4) is 11.4 Å². The summed E-state index contributed by atoms with van der Waals surface area (Å²) in [5.41, 5.74) is 2.40. The van der Waals surface area contributed by atoms with Gasteiger partial charge in [-0.15, -0.1) is 0 Å². The first-order valence-electron chi connectivity index (χ1n) is 6.84. The lowest BCUT2D eigenvalue weighted by molar-refractivity contribution is 0.0799. The van der Waals surface area contributed by atoms with Crippen molar-refractivity contribution >= 4 is 5.91 Å². The molecule has 5 nitrogen and oxygen atoms in total. The summed E-state index contributed by atoms with van der Waals surface area (Å²) in [6.07, 6.45) is 5.64. The Morgan fingerprint density at radius 3 is 2.48 bits per heavy atom. The van der Waals surface area contributed by atoms with E-state index in [1.807, 2.05) is 43.3 Å². The molecule has 0 bridgehead atoms. The van der Waals surface area contributed by atoms with E-state index < -0.39 is 0 Å². The summed E-state index contributed by atoms with van der Waals surface area (Å²) in [6, 6.07) is 7.60. The highest BCUT2D eigenvalue weighted by molar-refractivity contribution is 5.95. The first kappa shape index (κ1) is 13.4. The van der Waals surface area contributed by atoms with Crippen LogP contribution >= 0.6 is 0 Å². The van der Waals surface area contributed by atoms with Crippen LogP contribution in [0.3, 0.4) is 0 Å². The number of amides is 1. The summed E-state index contributed by atoms with van der Waals surface area (Å²) < 4.78 is 6.92. The van der Waals surface area contributed by atoms with E-state index in [4.69, 9.17) is 4.74 Å². The van der Waals surface area contributed by atoms with Gasteiger partial charge in [0, 0.05) is 13.1 Å². The second-order valence-electron chi connectivity index (χ2n) is 4.94. The molecule has 0 N–H and O–H groups in total. The maximum absolute atomic E-state index is 12.4. The summed E-state index contributed by atoms with van der Waals surface area (Å²) in [5.74, 6) is 0.820. The van der Waals surface area contributed by atoms with Gasteiger partial charge >= 0.3 is 0 Å². The Bertz CT molecular complexity index is 678. The van der Waals surface area contributed by atoms with Crippen LogP contribution in [-0.2, 0) is 0 Å². The van der Waals surface area contributed by atoms with Crippen LogP contribution in [0.2, 0.25) is 0 Å². The van der Waals surface area contributed by atoms with Gasteiger partial charge in [-0.05, 0) is 31.2 Å². The summed E-state index contributed by atoms with van der Waals surface area (Å²) in [4.78, 5) is 14.2. The van der Waals surface area contributed by atoms with Crippen LogP contribution in [0.15, 0.2) is 42.6 Å². The molecule has 0 saturated carbocycles. The smallest absolute Gasteiger partial charge is 0.257 e. The Morgan fingerprint density at radius 2 is 1.86 bits per heavy atom. The fraction of sp³-hybridized carbons (Fsp3) is 0.250. The minimum atomic E-state index is 0.0252. The SMILES string of the molecule is COc1ccc(-n2ncc(C(=O)N3CC=CC3)c2C)cc1. The van der Waals surface area contributed by atoms with Crippen LogP contribution in [-0.4, -0.2) is 40.8 Å². The fourth-order valence-corrected chi connectivity index (χ4v) is 2.42. The second kappa shape index (κ2) is 5.44. The second-order valence-corrected chi connectivity index (χ2v) is 4.94. The lowest BCUT2D eigenvalue weighted by Crippen LogP contribution is -2.28. The largest absolute Gasteiger partial charge is 0.497 e. The Kier molecular flexibility index (Phi) is 3.48. The lowest BCUT2D eigenvalue weighted by atomic mass is 10.2. The molecule has 2 heterocycles. The van der Waals surface area contributed by atoms with Gasteiger partial charge in [0.2, 0.25) is 0 Å². The van der Waals surface area contributed by atoms with E-state index >= 15 is 0 Å². The van der Waals surface area contributed by atoms with Crippen LogP contribution < -0.4 is 4.74 Å². The highest BCUT2D eigenvalue weighted by Crippen LogP contribution is 2.19. The van der Waals surface area contributed by atoms with Crippen LogP contribution in [0, 0.1) is 6.92 Å². The number of nitrogens with zero attached hydrogens (tertiary/aromatic N) is 3. The number of methoxy groups -OCH3 is 1. The van der Waals surface area contributed by atoms with Crippen LogP contribution in [0.25, 0.3) is 5.69 Å². The molecule has 0 saturated heterocycles. The third-order valence-electron chi connectivity index (χ3n) is 3.66. The molecule has 1 aromatic carbocycles. The number of benzene rings is 1. The van der Waals surface area contributed by atoms with E-state index in [2.05, 4.69) is 5.10 Å². The molecule has 2 aromatic rings. The number of hydrogen-bond donors (Lipinski definition) is 0. The number of carbonyl (C=O) groups excluding carboxylic acids is 1.